The first-order chi connectivity index (χ1) is 10.9. The van der Waals surface area contributed by atoms with Gasteiger partial charge >= 0.3 is 6.18 Å². The lowest BCUT2D eigenvalue weighted by atomic mass is 9.89. The van der Waals surface area contributed by atoms with Crippen LogP contribution in [0.2, 0.25) is 0 Å². The summed E-state index contributed by atoms with van der Waals surface area (Å²) < 4.78 is 37.8. The van der Waals surface area contributed by atoms with Crippen LogP contribution in [0.3, 0.4) is 0 Å². The predicted octanol–water partition coefficient (Wildman–Crippen LogP) is 3.31. The summed E-state index contributed by atoms with van der Waals surface area (Å²) in [5.41, 5.74) is -0.390. The van der Waals surface area contributed by atoms with Crippen LogP contribution in [-0.4, -0.2) is 36.5 Å². The molecule has 0 aromatic heterocycles. The van der Waals surface area contributed by atoms with E-state index < -0.39 is 11.7 Å². The van der Waals surface area contributed by atoms with Crippen molar-refractivity contribution in [2.24, 2.45) is 5.92 Å². The first-order valence-electron chi connectivity index (χ1n) is 8.15. The molecule has 0 radical (unpaired) electrons. The highest BCUT2D eigenvalue weighted by atomic mass is 19.4. The number of piperidine rings is 1. The summed E-state index contributed by atoms with van der Waals surface area (Å²) in [5, 5.41) is 3.54. The van der Waals surface area contributed by atoms with Gasteiger partial charge in [-0.25, -0.2) is 0 Å². The van der Waals surface area contributed by atoms with Gasteiger partial charge in [0.1, 0.15) is 0 Å². The maximum atomic E-state index is 12.6. The van der Waals surface area contributed by atoms with Crippen molar-refractivity contribution in [3.8, 4) is 0 Å². The Labute approximate surface area is 133 Å². The van der Waals surface area contributed by atoms with Crippen LogP contribution < -0.4 is 5.32 Å². The molecule has 6 heteroatoms. The lowest BCUT2D eigenvalue weighted by Crippen LogP contribution is -2.50. The average Bonchev–Trinajstić information content (AvgIpc) is 2.78. The van der Waals surface area contributed by atoms with Gasteiger partial charge in [0, 0.05) is 24.7 Å². The zero-order valence-electron chi connectivity index (χ0n) is 12.9. The first-order valence-corrected chi connectivity index (χ1v) is 8.15. The fourth-order valence-electron chi connectivity index (χ4n) is 3.58. The molecule has 1 N–H and O–H groups in total. The number of hydrogen-bond acceptors (Lipinski definition) is 2. The van der Waals surface area contributed by atoms with Crippen LogP contribution in [0.5, 0.6) is 0 Å². The van der Waals surface area contributed by atoms with Crippen molar-refractivity contribution in [1.29, 1.82) is 0 Å². The minimum atomic E-state index is -4.37. The zero-order valence-corrected chi connectivity index (χ0v) is 12.9. The fourth-order valence-corrected chi connectivity index (χ4v) is 3.58. The lowest BCUT2D eigenvalue weighted by Gasteiger charge is -2.38. The third-order valence-corrected chi connectivity index (χ3v) is 4.89. The monoisotopic (exact) mass is 326 g/mol. The normalized spacial score (nSPS) is 25.6. The Morgan fingerprint density at radius 1 is 1.13 bits per heavy atom. The molecule has 2 fully saturated rings. The van der Waals surface area contributed by atoms with Gasteiger partial charge in [-0.2, -0.15) is 13.2 Å². The van der Waals surface area contributed by atoms with Gasteiger partial charge in [0.25, 0.3) is 5.91 Å². The number of rotatable bonds is 1. The Morgan fingerprint density at radius 2 is 1.87 bits per heavy atom. The third-order valence-electron chi connectivity index (χ3n) is 4.89. The molecular formula is C17H21F3N2O. The summed E-state index contributed by atoms with van der Waals surface area (Å²) in [7, 11) is 0. The van der Waals surface area contributed by atoms with Crippen LogP contribution in [0.4, 0.5) is 13.2 Å². The number of fused-ring (bicyclic) bond motifs is 1. The molecule has 0 saturated carbocycles. The SMILES string of the molecule is O=C(c1ccc(C(F)(F)F)cc1)N1CC[C@H]2NCCCC[C@H]2C1. The molecule has 0 aliphatic carbocycles. The van der Waals surface area contributed by atoms with Gasteiger partial charge in [-0.05, 0) is 56.0 Å². The number of benzene rings is 1. The second-order valence-corrected chi connectivity index (χ2v) is 6.43. The second-order valence-electron chi connectivity index (χ2n) is 6.43. The Bertz CT molecular complexity index is 556. The summed E-state index contributed by atoms with van der Waals surface area (Å²) in [4.78, 5) is 14.3. The van der Waals surface area contributed by atoms with E-state index in [0.29, 0.717) is 30.6 Å². The molecule has 2 aliphatic heterocycles. The molecule has 3 nitrogen and oxygen atoms in total. The van der Waals surface area contributed by atoms with Gasteiger partial charge in [-0.15, -0.1) is 0 Å². The van der Waals surface area contributed by atoms with Gasteiger partial charge in [-0.3, -0.25) is 4.79 Å². The van der Waals surface area contributed by atoms with Crippen LogP contribution in [-0.2, 0) is 6.18 Å². The summed E-state index contributed by atoms with van der Waals surface area (Å²) in [6, 6.07) is 4.99. The van der Waals surface area contributed by atoms with Crippen molar-refractivity contribution in [1.82, 2.24) is 10.2 Å². The van der Waals surface area contributed by atoms with Gasteiger partial charge in [0.05, 0.1) is 5.56 Å². The van der Waals surface area contributed by atoms with E-state index in [-0.39, 0.29) is 5.91 Å². The highest BCUT2D eigenvalue weighted by Crippen LogP contribution is 2.30. The van der Waals surface area contributed by atoms with Gasteiger partial charge in [-0.1, -0.05) is 6.42 Å². The van der Waals surface area contributed by atoms with Crippen LogP contribution in [0.25, 0.3) is 0 Å². The maximum absolute atomic E-state index is 12.6. The first kappa shape index (κ1) is 16.3. The molecule has 1 aromatic carbocycles. The lowest BCUT2D eigenvalue weighted by molar-refractivity contribution is -0.137. The van der Waals surface area contributed by atoms with E-state index in [1.165, 1.54) is 18.6 Å². The number of likely N-dealkylation sites (tertiary alicyclic amines) is 1. The Morgan fingerprint density at radius 3 is 2.57 bits per heavy atom. The molecule has 0 spiro atoms. The molecule has 23 heavy (non-hydrogen) atoms. The van der Waals surface area contributed by atoms with Crippen molar-refractivity contribution >= 4 is 5.91 Å². The Balaban J connectivity index is 1.68. The smallest absolute Gasteiger partial charge is 0.338 e. The molecule has 2 atom stereocenters. The largest absolute Gasteiger partial charge is 0.416 e. The Kier molecular flexibility index (Phi) is 4.62. The van der Waals surface area contributed by atoms with Crippen LogP contribution in [0.1, 0.15) is 41.6 Å². The average molecular weight is 326 g/mol. The number of hydrogen-bond donors (Lipinski definition) is 1. The van der Waals surface area contributed by atoms with E-state index in [0.717, 1.165) is 37.9 Å². The minimum absolute atomic E-state index is 0.165. The van der Waals surface area contributed by atoms with Crippen molar-refractivity contribution in [2.75, 3.05) is 19.6 Å². The molecule has 2 saturated heterocycles. The molecule has 0 bridgehead atoms. The highest BCUT2D eigenvalue weighted by molar-refractivity contribution is 5.94. The van der Waals surface area contributed by atoms with E-state index in [2.05, 4.69) is 5.32 Å². The van der Waals surface area contributed by atoms with Gasteiger partial charge in [0.2, 0.25) is 0 Å². The number of carbonyl (C=O) groups excluding carboxylic acids is 1. The van der Waals surface area contributed by atoms with E-state index in [1.807, 2.05) is 0 Å². The molecule has 1 amide bonds. The fraction of sp³-hybridized carbons (Fsp3) is 0.588. The third kappa shape index (κ3) is 3.68. The van der Waals surface area contributed by atoms with Gasteiger partial charge in [0.15, 0.2) is 0 Å². The highest BCUT2D eigenvalue weighted by Gasteiger charge is 2.33. The van der Waals surface area contributed by atoms with E-state index in [9.17, 15) is 18.0 Å². The molecule has 1 aromatic rings. The zero-order chi connectivity index (χ0) is 16.4. The number of nitrogens with zero attached hydrogens (tertiary/aromatic N) is 1. The number of alkyl halides is 3. The van der Waals surface area contributed by atoms with E-state index >= 15 is 0 Å². The molecule has 2 aliphatic rings. The summed E-state index contributed by atoms with van der Waals surface area (Å²) in [5.74, 6) is 0.283. The van der Waals surface area contributed by atoms with Crippen molar-refractivity contribution in [3.05, 3.63) is 35.4 Å². The second kappa shape index (κ2) is 6.51. The maximum Gasteiger partial charge on any atom is 0.416 e. The standard InChI is InChI=1S/C17H21F3N2O/c18-17(19,20)14-6-4-12(5-7-14)16(23)22-10-8-15-13(11-22)3-1-2-9-21-15/h4-7,13,15,21H,1-3,8-11H2/t13-,15+/m0/s1. The number of amides is 1. The van der Waals surface area contributed by atoms with Crippen LogP contribution in [0, 0.1) is 5.92 Å². The summed E-state index contributed by atoms with van der Waals surface area (Å²) in [6.45, 7) is 2.39. The van der Waals surface area contributed by atoms with Gasteiger partial charge < -0.3 is 10.2 Å². The van der Waals surface area contributed by atoms with Crippen molar-refractivity contribution < 1.29 is 18.0 Å². The number of nitrogens with one attached hydrogen (secondary N) is 1. The minimum Gasteiger partial charge on any atom is -0.338 e. The summed E-state index contributed by atoms with van der Waals surface area (Å²) in [6.07, 6.45) is -0.0201. The van der Waals surface area contributed by atoms with Crippen LogP contribution >= 0.6 is 0 Å². The molecule has 3 rings (SSSR count). The molecule has 0 unspecified atom stereocenters. The number of carbonyl (C=O) groups is 1. The quantitative estimate of drug-likeness (QED) is 0.859. The Hall–Kier alpha value is -1.56. The van der Waals surface area contributed by atoms with E-state index in [4.69, 9.17) is 0 Å². The van der Waals surface area contributed by atoms with Crippen molar-refractivity contribution in [3.63, 3.8) is 0 Å². The van der Waals surface area contributed by atoms with Crippen LogP contribution in [0.15, 0.2) is 24.3 Å². The summed E-state index contributed by atoms with van der Waals surface area (Å²) >= 11 is 0. The molecule has 2 heterocycles. The molecule has 126 valence electrons. The van der Waals surface area contributed by atoms with E-state index in [1.54, 1.807) is 4.90 Å². The number of halogens is 3. The predicted molar refractivity (Wildman–Crippen MR) is 81.1 cm³/mol. The topological polar surface area (TPSA) is 32.3 Å². The van der Waals surface area contributed by atoms with Crippen molar-refractivity contribution in [2.45, 2.75) is 37.9 Å². The molecular weight excluding hydrogens is 305 g/mol.